The van der Waals surface area contributed by atoms with Crippen LogP contribution >= 0.6 is 0 Å². The van der Waals surface area contributed by atoms with Crippen LogP contribution in [0.5, 0.6) is 0 Å². The zero-order chi connectivity index (χ0) is 16.2. The Morgan fingerprint density at radius 1 is 1.09 bits per heavy atom. The number of aromatic nitrogens is 1. The third-order valence-corrected chi connectivity index (χ3v) is 3.16. The van der Waals surface area contributed by atoms with Crippen LogP contribution in [0.15, 0.2) is 54.7 Å². The molecular weight excluding hydrogens is 278 g/mol. The van der Waals surface area contributed by atoms with Gasteiger partial charge >= 0.3 is 5.97 Å². The zero-order valence-electron chi connectivity index (χ0n) is 13.1. The van der Waals surface area contributed by atoms with Crippen LogP contribution in [0.3, 0.4) is 0 Å². The van der Waals surface area contributed by atoms with Crippen molar-refractivity contribution in [3.8, 4) is 0 Å². The molecule has 116 valence electrons. The van der Waals surface area contributed by atoms with E-state index in [4.69, 9.17) is 4.74 Å². The summed E-state index contributed by atoms with van der Waals surface area (Å²) < 4.78 is 5.35. The quantitative estimate of drug-likeness (QED) is 0.882. The van der Waals surface area contributed by atoms with Gasteiger partial charge in [0.25, 0.3) is 0 Å². The summed E-state index contributed by atoms with van der Waals surface area (Å²) in [5.74, 6) is -0.468. The van der Waals surface area contributed by atoms with Crippen molar-refractivity contribution in [2.45, 2.75) is 38.4 Å². The Hall–Kier alpha value is -2.20. The van der Waals surface area contributed by atoms with E-state index in [2.05, 4.69) is 4.98 Å². The van der Waals surface area contributed by atoms with Crippen molar-refractivity contribution in [3.05, 3.63) is 66.0 Å². The summed E-state index contributed by atoms with van der Waals surface area (Å²) in [6.07, 6.45) is 1.41. The molecule has 22 heavy (non-hydrogen) atoms. The van der Waals surface area contributed by atoms with Gasteiger partial charge in [-0.2, -0.15) is 0 Å². The third kappa shape index (κ3) is 3.92. The van der Waals surface area contributed by atoms with E-state index in [1.807, 2.05) is 18.2 Å². The first-order chi connectivity index (χ1) is 10.3. The fraction of sp³-hybridized carbons (Fsp3) is 0.333. The van der Waals surface area contributed by atoms with Crippen molar-refractivity contribution in [3.63, 3.8) is 0 Å². The molecule has 0 saturated heterocycles. The molecule has 1 aromatic carbocycles. The van der Waals surface area contributed by atoms with Gasteiger partial charge in [0.05, 0.1) is 12.1 Å². The predicted molar refractivity (Wildman–Crippen MR) is 84.1 cm³/mol. The van der Waals surface area contributed by atoms with Crippen molar-refractivity contribution in [2.24, 2.45) is 0 Å². The summed E-state index contributed by atoms with van der Waals surface area (Å²) in [5, 5.41) is 11.2. The molecule has 2 aromatic rings. The third-order valence-electron chi connectivity index (χ3n) is 3.16. The van der Waals surface area contributed by atoms with Crippen LogP contribution in [0.4, 0.5) is 0 Å². The van der Waals surface area contributed by atoms with Crippen molar-refractivity contribution < 1.29 is 14.6 Å². The Morgan fingerprint density at radius 3 is 2.27 bits per heavy atom. The van der Waals surface area contributed by atoms with Gasteiger partial charge in [-0.1, -0.05) is 36.4 Å². The van der Waals surface area contributed by atoms with Crippen molar-refractivity contribution in [2.75, 3.05) is 0 Å². The molecule has 0 spiro atoms. The molecule has 1 aromatic heterocycles. The van der Waals surface area contributed by atoms with Gasteiger partial charge in [-0.25, -0.2) is 0 Å². The summed E-state index contributed by atoms with van der Waals surface area (Å²) >= 11 is 0. The molecule has 1 N–H and O–H groups in total. The number of pyridine rings is 1. The molecule has 0 amide bonds. The number of benzene rings is 1. The van der Waals surface area contributed by atoms with E-state index in [1.165, 1.54) is 0 Å². The number of aliphatic hydroxyl groups is 1. The van der Waals surface area contributed by atoms with E-state index >= 15 is 0 Å². The van der Waals surface area contributed by atoms with Crippen LogP contribution in [0, 0.1) is 0 Å². The van der Waals surface area contributed by atoms with E-state index < -0.39 is 17.2 Å². The molecule has 0 aliphatic carbocycles. The Kier molecular flexibility index (Phi) is 4.62. The maximum atomic E-state index is 12.2. The normalized spacial score (nSPS) is 14.2. The summed E-state index contributed by atoms with van der Waals surface area (Å²) in [4.78, 5) is 16.4. The number of esters is 1. The second-order valence-corrected chi connectivity index (χ2v) is 6.20. The van der Waals surface area contributed by atoms with Gasteiger partial charge in [0.15, 0.2) is 0 Å². The lowest BCUT2D eigenvalue weighted by molar-refractivity contribution is -0.159. The highest BCUT2D eigenvalue weighted by atomic mass is 16.6. The summed E-state index contributed by atoms with van der Waals surface area (Å²) in [6.45, 7) is 5.40. The smallest absolute Gasteiger partial charge is 0.310 e. The predicted octanol–water partition coefficient (Wildman–Crippen LogP) is 3.05. The van der Waals surface area contributed by atoms with Gasteiger partial charge in [0, 0.05) is 6.20 Å². The molecule has 4 heteroatoms. The fourth-order valence-electron chi connectivity index (χ4n) is 2.25. The lowest BCUT2D eigenvalue weighted by Crippen LogP contribution is -2.34. The van der Waals surface area contributed by atoms with E-state index in [1.54, 1.807) is 57.3 Å². The first-order valence-electron chi connectivity index (χ1n) is 7.22. The highest BCUT2D eigenvalue weighted by Gasteiger charge is 2.37. The number of rotatable bonds is 4. The van der Waals surface area contributed by atoms with Gasteiger partial charge in [-0.05, 0) is 38.5 Å². The van der Waals surface area contributed by atoms with E-state index in [0.717, 1.165) is 0 Å². The molecule has 1 atom stereocenters. The van der Waals surface area contributed by atoms with Gasteiger partial charge < -0.3 is 9.84 Å². The summed E-state index contributed by atoms with van der Waals surface area (Å²) in [6, 6.07) is 14.3. The Balaban J connectivity index is 2.37. The number of hydrogen-bond donors (Lipinski definition) is 1. The summed E-state index contributed by atoms with van der Waals surface area (Å²) in [7, 11) is 0. The Morgan fingerprint density at radius 2 is 1.73 bits per heavy atom. The monoisotopic (exact) mass is 299 g/mol. The molecule has 0 aliphatic heterocycles. The first kappa shape index (κ1) is 16.2. The van der Waals surface area contributed by atoms with Crippen molar-refractivity contribution in [1.82, 2.24) is 4.98 Å². The second-order valence-electron chi connectivity index (χ2n) is 6.20. The average Bonchev–Trinajstić information content (AvgIpc) is 2.47. The summed E-state index contributed by atoms with van der Waals surface area (Å²) in [5.41, 5.74) is -1.07. The molecule has 0 radical (unpaired) electrons. The molecular formula is C18H21NO3. The van der Waals surface area contributed by atoms with E-state index in [-0.39, 0.29) is 6.42 Å². The SMILES string of the molecule is CC(C)(C)OC(=O)CC(O)(c1ccccc1)c1ccccn1. The lowest BCUT2D eigenvalue weighted by atomic mass is 9.86. The van der Waals surface area contributed by atoms with Gasteiger partial charge in [-0.3, -0.25) is 9.78 Å². The molecule has 4 nitrogen and oxygen atoms in total. The molecule has 1 unspecified atom stereocenters. The van der Waals surface area contributed by atoms with Crippen LogP contribution in [0.1, 0.15) is 38.4 Å². The first-order valence-corrected chi connectivity index (χ1v) is 7.22. The molecule has 1 heterocycles. The van der Waals surface area contributed by atoms with E-state index in [9.17, 15) is 9.90 Å². The van der Waals surface area contributed by atoms with Gasteiger partial charge in [0.2, 0.25) is 0 Å². The van der Waals surface area contributed by atoms with Crippen molar-refractivity contribution in [1.29, 1.82) is 0 Å². The lowest BCUT2D eigenvalue weighted by Gasteiger charge is -2.29. The molecule has 0 fully saturated rings. The minimum absolute atomic E-state index is 0.189. The van der Waals surface area contributed by atoms with Crippen LogP contribution in [-0.2, 0) is 15.1 Å². The number of carbonyl (C=O) groups is 1. The molecule has 2 rings (SSSR count). The van der Waals surface area contributed by atoms with E-state index in [0.29, 0.717) is 11.3 Å². The second kappa shape index (κ2) is 6.28. The van der Waals surface area contributed by atoms with Crippen molar-refractivity contribution >= 4 is 5.97 Å². The largest absolute Gasteiger partial charge is 0.460 e. The Labute approximate surface area is 130 Å². The van der Waals surface area contributed by atoms with Gasteiger partial charge in [-0.15, -0.1) is 0 Å². The highest BCUT2D eigenvalue weighted by molar-refractivity contribution is 5.72. The fourth-order valence-corrected chi connectivity index (χ4v) is 2.25. The maximum Gasteiger partial charge on any atom is 0.310 e. The topological polar surface area (TPSA) is 59.4 Å². The minimum atomic E-state index is -1.51. The van der Waals surface area contributed by atoms with Crippen LogP contribution in [-0.4, -0.2) is 21.7 Å². The average molecular weight is 299 g/mol. The van der Waals surface area contributed by atoms with Crippen LogP contribution < -0.4 is 0 Å². The molecule has 0 aliphatic rings. The van der Waals surface area contributed by atoms with Gasteiger partial charge in [0.1, 0.15) is 11.2 Å². The minimum Gasteiger partial charge on any atom is -0.460 e. The number of nitrogens with zero attached hydrogens (tertiary/aromatic N) is 1. The highest BCUT2D eigenvalue weighted by Crippen LogP contribution is 2.32. The number of carbonyl (C=O) groups excluding carboxylic acids is 1. The molecule has 0 saturated carbocycles. The van der Waals surface area contributed by atoms with Crippen LogP contribution in [0.25, 0.3) is 0 Å². The standard InChI is InChI=1S/C18H21NO3/c1-17(2,3)22-16(20)13-18(21,14-9-5-4-6-10-14)15-11-7-8-12-19-15/h4-12,21H,13H2,1-3H3. The zero-order valence-corrected chi connectivity index (χ0v) is 13.1. The van der Waals surface area contributed by atoms with Crippen LogP contribution in [0.2, 0.25) is 0 Å². The molecule has 0 bridgehead atoms. The number of ether oxygens (including phenoxy) is 1. The Bertz CT molecular complexity index is 578. The number of hydrogen-bond acceptors (Lipinski definition) is 4. The maximum absolute atomic E-state index is 12.2.